The third-order valence-electron chi connectivity index (χ3n) is 5.68. The minimum absolute atomic E-state index is 0.0134. The molecule has 0 amide bonds. The van der Waals surface area contributed by atoms with Gasteiger partial charge in [-0.1, -0.05) is 32.3 Å². The Balaban J connectivity index is 1.88. The molecule has 0 heterocycles. The Bertz CT molecular complexity index is 586. The van der Waals surface area contributed by atoms with E-state index in [-0.39, 0.29) is 24.2 Å². The van der Waals surface area contributed by atoms with E-state index in [2.05, 4.69) is 19.1 Å². The number of esters is 1. The number of fused-ring (bicyclic) bond motifs is 4. The van der Waals surface area contributed by atoms with Crippen LogP contribution in [-0.4, -0.2) is 18.8 Å². The van der Waals surface area contributed by atoms with Gasteiger partial charge in [0.05, 0.1) is 0 Å². The van der Waals surface area contributed by atoms with Crippen LogP contribution in [0.25, 0.3) is 0 Å². The molecule has 4 nitrogen and oxygen atoms in total. The number of hydrogen-bond acceptors (Lipinski definition) is 4. The molecule has 0 aliphatic heterocycles. The topological polar surface area (TPSA) is 61.5 Å². The molecule has 0 radical (unpaired) electrons. The monoisotopic (exact) mass is 317 g/mol. The second-order valence-electron chi connectivity index (χ2n) is 7.22. The smallest absolute Gasteiger partial charge is 0.305 e. The van der Waals surface area contributed by atoms with E-state index in [1.807, 2.05) is 6.07 Å². The van der Waals surface area contributed by atoms with Crippen molar-refractivity contribution in [3.63, 3.8) is 0 Å². The van der Waals surface area contributed by atoms with Gasteiger partial charge in [0, 0.05) is 18.4 Å². The van der Waals surface area contributed by atoms with Crippen LogP contribution in [-0.2, 0) is 21.4 Å². The van der Waals surface area contributed by atoms with Crippen LogP contribution in [0.5, 0.6) is 5.75 Å². The molecule has 1 unspecified atom stereocenters. The number of nitrogens with two attached hydrogens (primary N) is 1. The zero-order valence-electron chi connectivity index (χ0n) is 14.1. The molecule has 1 saturated carbocycles. The van der Waals surface area contributed by atoms with Crippen LogP contribution >= 0.6 is 0 Å². The molecule has 0 saturated heterocycles. The van der Waals surface area contributed by atoms with Crippen molar-refractivity contribution in [2.24, 2.45) is 11.7 Å². The van der Waals surface area contributed by atoms with Crippen LogP contribution in [0.15, 0.2) is 18.2 Å². The zero-order valence-corrected chi connectivity index (χ0v) is 14.1. The average molecular weight is 317 g/mol. The highest BCUT2D eigenvalue weighted by molar-refractivity contribution is 5.65. The van der Waals surface area contributed by atoms with Crippen molar-refractivity contribution in [1.29, 1.82) is 0 Å². The minimum atomic E-state index is -0.334. The largest absolute Gasteiger partial charge is 0.457 e. The number of carbonyl (C=O) groups excluding carboxylic acids is 1. The Morgan fingerprint density at radius 2 is 2.17 bits per heavy atom. The van der Waals surface area contributed by atoms with Gasteiger partial charge in [0.15, 0.2) is 0 Å². The van der Waals surface area contributed by atoms with Crippen LogP contribution in [0.3, 0.4) is 0 Å². The van der Waals surface area contributed by atoms with Crippen molar-refractivity contribution in [3.8, 4) is 5.75 Å². The maximum absolute atomic E-state index is 10.9. The first kappa shape index (κ1) is 16.3. The SMILES string of the molecule is CC(=O)OCOc1ccc2c(c1)[C@@]1(C)CCCCCC(C2)[C@@H]1N. The van der Waals surface area contributed by atoms with Gasteiger partial charge in [0.25, 0.3) is 0 Å². The lowest BCUT2D eigenvalue weighted by Gasteiger charge is -2.47. The number of rotatable bonds is 3. The van der Waals surface area contributed by atoms with E-state index < -0.39 is 0 Å². The Morgan fingerprint density at radius 1 is 1.35 bits per heavy atom. The summed E-state index contributed by atoms with van der Waals surface area (Å²) in [7, 11) is 0. The summed E-state index contributed by atoms with van der Waals surface area (Å²) in [4.78, 5) is 10.9. The lowest BCUT2D eigenvalue weighted by Crippen LogP contribution is -2.52. The van der Waals surface area contributed by atoms with E-state index in [1.54, 1.807) is 0 Å². The molecule has 0 spiro atoms. The van der Waals surface area contributed by atoms with Crippen molar-refractivity contribution < 1.29 is 14.3 Å². The number of benzene rings is 1. The number of carbonyl (C=O) groups is 1. The standard InChI is InChI=1S/C19H27NO3/c1-13(21)22-12-23-16-8-7-14-10-15-6-4-3-5-9-19(2,18(15)20)17(14)11-16/h7-8,11,15,18H,3-6,9-10,12,20H2,1-2H3/t15?,18-,19+/m0/s1. The van der Waals surface area contributed by atoms with Gasteiger partial charge in [-0.05, 0) is 48.4 Å². The van der Waals surface area contributed by atoms with E-state index in [9.17, 15) is 4.79 Å². The summed E-state index contributed by atoms with van der Waals surface area (Å²) in [6, 6.07) is 6.45. The maximum Gasteiger partial charge on any atom is 0.305 e. The molecule has 0 aromatic heterocycles. The predicted molar refractivity (Wildman–Crippen MR) is 89.3 cm³/mol. The van der Waals surface area contributed by atoms with E-state index >= 15 is 0 Å². The number of ether oxygens (including phenoxy) is 2. The van der Waals surface area contributed by atoms with Gasteiger partial charge in [-0.25, -0.2) is 0 Å². The molecule has 1 fully saturated rings. The summed E-state index contributed by atoms with van der Waals surface area (Å²) >= 11 is 0. The summed E-state index contributed by atoms with van der Waals surface area (Å²) < 4.78 is 10.4. The molecule has 2 N–H and O–H groups in total. The molecule has 4 heteroatoms. The highest BCUT2D eigenvalue weighted by Crippen LogP contribution is 2.46. The molecule has 1 aromatic rings. The fourth-order valence-electron chi connectivity index (χ4n) is 4.30. The Kier molecular flexibility index (Phi) is 4.62. The molecule has 2 bridgehead atoms. The fraction of sp³-hybridized carbons (Fsp3) is 0.632. The molecule has 2 aliphatic rings. The quantitative estimate of drug-likeness (QED) is 0.686. The Hall–Kier alpha value is -1.55. The Morgan fingerprint density at radius 3 is 2.96 bits per heavy atom. The minimum Gasteiger partial charge on any atom is -0.457 e. The van der Waals surface area contributed by atoms with Crippen LogP contribution in [0, 0.1) is 5.92 Å². The molecule has 3 rings (SSSR count). The first-order valence-electron chi connectivity index (χ1n) is 8.66. The molecule has 1 aromatic carbocycles. The summed E-state index contributed by atoms with van der Waals surface area (Å²) in [5.41, 5.74) is 9.42. The summed E-state index contributed by atoms with van der Waals surface area (Å²) in [6.07, 6.45) is 7.27. The van der Waals surface area contributed by atoms with Crippen molar-refractivity contribution >= 4 is 5.97 Å². The van der Waals surface area contributed by atoms with Crippen molar-refractivity contribution in [2.45, 2.75) is 63.8 Å². The van der Waals surface area contributed by atoms with Crippen molar-refractivity contribution in [2.75, 3.05) is 6.79 Å². The van der Waals surface area contributed by atoms with Crippen molar-refractivity contribution in [1.82, 2.24) is 0 Å². The first-order valence-corrected chi connectivity index (χ1v) is 8.66. The summed E-state index contributed by atoms with van der Waals surface area (Å²) in [5, 5.41) is 0. The molecule has 3 atom stereocenters. The van der Waals surface area contributed by atoms with E-state index in [1.165, 1.54) is 43.7 Å². The van der Waals surface area contributed by atoms with Crippen molar-refractivity contribution in [3.05, 3.63) is 29.3 Å². The van der Waals surface area contributed by atoms with Gasteiger partial charge < -0.3 is 15.2 Å². The molecule has 23 heavy (non-hydrogen) atoms. The Labute approximate surface area is 138 Å². The predicted octanol–water partition coefficient (Wildman–Crippen LogP) is 3.31. The van der Waals surface area contributed by atoms with E-state index in [0.29, 0.717) is 5.92 Å². The normalized spacial score (nSPS) is 29.9. The average Bonchev–Trinajstić information content (AvgIpc) is 2.51. The van der Waals surface area contributed by atoms with E-state index in [0.717, 1.165) is 18.6 Å². The maximum atomic E-state index is 10.9. The molecular weight excluding hydrogens is 290 g/mol. The highest BCUT2D eigenvalue weighted by atomic mass is 16.7. The fourth-order valence-corrected chi connectivity index (χ4v) is 4.30. The van der Waals surface area contributed by atoms with Crippen LogP contribution < -0.4 is 10.5 Å². The molecule has 126 valence electrons. The summed E-state index contributed by atoms with van der Waals surface area (Å²) in [6.45, 7) is 3.65. The molecular formula is C19H27NO3. The van der Waals surface area contributed by atoms with Gasteiger partial charge in [0.2, 0.25) is 6.79 Å². The number of hydrogen-bond donors (Lipinski definition) is 1. The van der Waals surface area contributed by atoms with E-state index in [4.69, 9.17) is 15.2 Å². The third-order valence-corrected chi connectivity index (χ3v) is 5.68. The van der Waals surface area contributed by atoms with Gasteiger partial charge in [-0.15, -0.1) is 0 Å². The first-order chi connectivity index (χ1) is 11.0. The second-order valence-corrected chi connectivity index (χ2v) is 7.22. The molecule has 2 aliphatic carbocycles. The summed E-state index contributed by atoms with van der Waals surface area (Å²) in [5.74, 6) is 0.999. The zero-order chi connectivity index (χ0) is 16.4. The van der Waals surface area contributed by atoms with Crippen LogP contribution in [0.2, 0.25) is 0 Å². The van der Waals surface area contributed by atoms with Gasteiger partial charge >= 0.3 is 5.97 Å². The van der Waals surface area contributed by atoms with Crippen LogP contribution in [0.1, 0.15) is 57.1 Å². The van der Waals surface area contributed by atoms with Crippen LogP contribution in [0.4, 0.5) is 0 Å². The highest BCUT2D eigenvalue weighted by Gasteiger charge is 2.43. The lowest BCUT2D eigenvalue weighted by atomic mass is 9.60. The second kappa shape index (κ2) is 6.52. The van der Waals surface area contributed by atoms with Gasteiger partial charge in [-0.2, -0.15) is 0 Å². The lowest BCUT2D eigenvalue weighted by molar-refractivity contribution is -0.147. The third kappa shape index (κ3) is 3.23. The van der Waals surface area contributed by atoms with Gasteiger partial charge in [0.1, 0.15) is 5.75 Å². The van der Waals surface area contributed by atoms with Gasteiger partial charge in [-0.3, -0.25) is 4.79 Å².